The van der Waals surface area contributed by atoms with Gasteiger partial charge in [-0.3, -0.25) is 4.79 Å². The van der Waals surface area contributed by atoms with Gasteiger partial charge >= 0.3 is 0 Å². The van der Waals surface area contributed by atoms with Crippen molar-refractivity contribution in [3.63, 3.8) is 0 Å². The first-order valence-corrected chi connectivity index (χ1v) is 9.43. The molecule has 0 bridgehead atoms. The van der Waals surface area contributed by atoms with Crippen LogP contribution in [0, 0.1) is 0 Å². The Hall–Kier alpha value is -2.60. The Balaban J connectivity index is 2.37. The van der Waals surface area contributed by atoms with Gasteiger partial charge in [0.2, 0.25) is 0 Å². The summed E-state index contributed by atoms with van der Waals surface area (Å²) in [4.78, 5) is 14.5. The molecule has 2 aromatic carbocycles. The molecule has 152 valence electrons. The molecule has 0 N–H and O–H groups in total. The highest BCUT2D eigenvalue weighted by atomic mass is 35.5. The van der Waals surface area contributed by atoms with Crippen molar-refractivity contribution in [1.29, 1.82) is 0 Å². The Morgan fingerprint density at radius 2 is 1.71 bits per heavy atom. The first-order chi connectivity index (χ1) is 13.5. The van der Waals surface area contributed by atoms with Gasteiger partial charge in [0, 0.05) is 24.4 Å². The molecule has 0 aromatic heterocycles. The van der Waals surface area contributed by atoms with Crippen LogP contribution in [-0.2, 0) is 0 Å². The molecule has 0 radical (unpaired) electrons. The van der Waals surface area contributed by atoms with E-state index in [0.717, 1.165) is 6.42 Å². The lowest BCUT2D eigenvalue weighted by Gasteiger charge is -2.20. The molecule has 2 rings (SSSR count). The molecule has 28 heavy (non-hydrogen) atoms. The van der Waals surface area contributed by atoms with Gasteiger partial charge in [0.15, 0.2) is 23.0 Å². The third-order valence-corrected chi connectivity index (χ3v) is 4.35. The van der Waals surface area contributed by atoms with Gasteiger partial charge in [-0.05, 0) is 37.6 Å². The highest BCUT2D eigenvalue weighted by Crippen LogP contribution is 2.38. The average molecular weight is 408 g/mol. The quantitative estimate of drug-likeness (QED) is 0.596. The summed E-state index contributed by atoms with van der Waals surface area (Å²) in [6.07, 6.45) is 0.838. The van der Waals surface area contributed by atoms with Crippen LogP contribution in [0.1, 0.15) is 30.6 Å². The molecule has 0 unspecified atom stereocenters. The smallest absolute Gasteiger partial charge is 0.258 e. The average Bonchev–Trinajstić information content (AvgIpc) is 2.71. The summed E-state index contributed by atoms with van der Waals surface area (Å²) in [6, 6.07) is 8.51. The predicted octanol–water partition coefficient (Wildman–Crippen LogP) is 4.82. The summed E-state index contributed by atoms with van der Waals surface area (Å²) in [5.41, 5.74) is 1.05. The maximum absolute atomic E-state index is 13.0. The zero-order chi connectivity index (χ0) is 20.7. The fraction of sp³-hybridized carbons (Fsp3) is 0.381. The van der Waals surface area contributed by atoms with Crippen molar-refractivity contribution in [1.82, 2.24) is 0 Å². The maximum Gasteiger partial charge on any atom is 0.258 e. The van der Waals surface area contributed by atoms with E-state index >= 15 is 0 Å². The van der Waals surface area contributed by atoms with Gasteiger partial charge in [-0.2, -0.15) is 0 Å². The van der Waals surface area contributed by atoms with Crippen LogP contribution in [0.5, 0.6) is 23.0 Å². The van der Waals surface area contributed by atoms with E-state index < -0.39 is 0 Å². The number of hydrogen-bond donors (Lipinski definition) is 0. The van der Waals surface area contributed by atoms with Gasteiger partial charge in [-0.25, -0.2) is 0 Å². The molecule has 0 aliphatic heterocycles. The van der Waals surface area contributed by atoms with Gasteiger partial charge in [0.1, 0.15) is 0 Å². The SMILES string of the molecule is CCCOc1c(Cl)cc(C(=O)N(C)c2ccc(OC)c(OC)c2)cc1OCC. The van der Waals surface area contributed by atoms with Crippen molar-refractivity contribution < 1.29 is 23.7 Å². The van der Waals surface area contributed by atoms with Crippen molar-refractivity contribution in [3.05, 3.63) is 40.9 Å². The Morgan fingerprint density at radius 1 is 1.00 bits per heavy atom. The Kier molecular flexibility index (Phi) is 7.81. The third-order valence-electron chi connectivity index (χ3n) is 4.07. The summed E-state index contributed by atoms with van der Waals surface area (Å²) >= 11 is 6.38. The van der Waals surface area contributed by atoms with E-state index in [2.05, 4.69) is 0 Å². The van der Waals surface area contributed by atoms with Crippen LogP contribution < -0.4 is 23.8 Å². The van der Waals surface area contributed by atoms with Gasteiger partial charge in [0.05, 0.1) is 32.5 Å². The van der Waals surface area contributed by atoms with Crippen molar-refractivity contribution >= 4 is 23.2 Å². The van der Waals surface area contributed by atoms with Crippen molar-refractivity contribution in [2.24, 2.45) is 0 Å². The molecule has 0 saturated heterocycles. The number of halogens is 1. The number of ether oxygens (including phenoxy) is 4. The molecule has 0 aliphatic rings. The van der Waals surface area contributed by atoms with Gasteiger partial charge in [0.25, 0.3) is 5.91 Å². The van der Waals surface area contributed by atoms with E-state index in [4.69, 9.17) is 30.5 Å². The molecule has 0 atom stereocenters. The highest BCUT2D eigenvalue weighted by molar-refractivity contribution is 6.32. The summed E-state index contributed by atoms with van der Waals surface area (Å²) in [5, 5.41) is 0.337. The lowest BCUT2D eigenvalue weighted by molar-refractivity contribution is 0.0992. The Bertz CT molecular complexity index is 825. The topological polar surface area (TPSA) is 57.2 Å². The van der Waals surface area contributed by atoms with Gasteiger partial charge in [-0.15, -0.1) is 0 Å². The van der Waals surface area contributed by atoms with Crippen LogP contribution in [0.2, 0.25) is 5.02 Å². The molecule has 2 aromatic rings. The lowest BCUT2D eigenvalue weighted by atomic mass is 10.1. The first-order valence-electron chi connectivity index (χ1n) is 9.05. The molecule has 0 saturated carbocycles. The van der Waals surface area contributed by atoms with Crippen molar-refractivity contribution in [2.45, 2.75) is 20.3 Å². The normalized spacial score (nSPS) is 10.4. The van der Waals surface area contributed by atoms with Crippen LogP contribution in [0.15, 0.2) is 30.3 Å². The number of methoxy groups -OCH3 is 2. The van der Waals surface area contributed by atoms with E-state index in [0.29, 0.717) is 52.5 Å². The number of carbonyl (C=O) groups is 1. The fourth-order valence-corrected chi connectivity index (χ4v) is 2.91. The van der Waals surface area contributed by atoms with Gasteiger partial charge in [-0.1, -0.05) is 18.5 Å². The highest BCUT2D eigenvalue weighted by Gasteiger charge is 2.20. The zero-order valence-electron chi connectivity index (χ0n) is 16.9. The number of nitrogens with zero attached hydrogens (tertiary/aromatic N) is 1. The van der Waals surface area contributed by atoms with E-state index in [1.165, 1.54) is 4.90 Å². The molecular formula is C21H26ClNO5. The van der Waals surface area contributed by atoms with E-state index in [1.54, 1.807) is 51.6 Å². The third kappa shape index (κ3) is 4.81. The largest absolute Gasteiger partial charge is 0.493 e. The second-order valence-electron chi connectivity index (χ2n) is 5.97. The minimum absolute atomic E-state index is 0.239. The molecule has 0 spiro atoms. The molecule has 0 heterocycles. The summed E-state index contributed by atoms with van der Waals surface area (Å²) in [5.74, 6) is 1.79. The minimum atomic E-state index is -0.239. The van der Waals surface area contributed by atoms with E-state index in [-0.39, 0.29) is 5.91 Å². The van der Waals surface area contributed by atoms with Crippen LogP contribution >= 0.6 is 11.6 Å². The van der Waals surface area contributed by atoms with Crippen LogP contribution in [0.3, 0.4) is 0 Å². The second-order valence-corrected chi connectivity index (χ2v) is 6.38. The minimum Gasteiger partial charge on any atom is -0.493 e. The van der Waals surface area contributed by atoms with Crippen LogP contribution in [0.25, 0.3) is 0 Å². The summed E-state index contributed by atoms with van der Waals surface area (Å²) in [6.45, 7) is 4.81. The summed E-state index contributed by atoms with van der Waals surface area (Å²) in [7, 11) is 4.79. The standard InChI is InChI=1S/C21H26ClNO5/c1-6-10-28-20-16(22)11-14(12-19(20)27-7-2)21(24)23(3)15-8-9-17(25-4)18(13-15)26-5/h8-9,11-13H,6-7,10H2,1-5H3. The van der Waals surface area contributed by atoms with Crippen molar-refractivity contribution in [2.75, 3.05) is 39.4 Å². The molecule has 1 amide bonds. The van der Waals surface area contributed by atoms with Crippen LogP contribution in [0.4, 0.5) is 5.69 Å². The molecular weight excluding hydrogens is 382 g/mol. The molecule has 7 heteroatoms. The number of benzene rings is 2. The predicted molar refractivity (Wildman–Crippen MR) is 111 cm³/mol. The Labute approximate surface area is 170 Å². The fourth-order valence-electron chi connectivity index (χ4n) is 2.64. The number of anilines is 1. The zero-order valence-corrected chi connectivity index (χ0v) is 17.6. The van der Waals surface area contributed by atoms with Gasteiger partial charge < -0.3 is 23.8 Å². The van der Waals surface area contributed by atoms with Crippen LogP contribution in [-0.4, -0.2) is 40.4 Å². The second kappa shape index (κ2) is 10.1. The molecule has 0 fully saturated rings. The number of amides is 1. The molecule has 0 aliphatic carbocycles. The molecule has 6 nitrogen and oxygen atoms in total. The monoisotopic (exact) mass is 407 g/mol. The lowest BCUT2D eigenvalue weighted by Crippen LogP contribution is -2.26. The summed E-state index contributed by atoms with van der Waals surface area (Å²) < 4.78 is 21.9. The Morgan fingerprint density at radius 3 is 2.32 bits per heavy atom. The maximum atomic E-state index is 13.0. The van der Waals surface area contributed by atoms with E-state index in [1.807, 2.05) is 13.8 Å². The van der Waals surface area contributed by atoms with Crippen molar-refractivity contribution in [3.8, 4) is 23.0 Å². The number of carbonyl (C=O) groups excluding carboxylic acids is 1. The number of rotatable bonds is 9. The van der Waals surface area contributed by atoms with E-state index in [9.17, 15) is 4.79 Å². The number of hydrogen-bond acceptors (Lipinski definition) is 5. The first kappa shape index (κ1) is 21.7.